The second-order valence-corrected chi connectivity index (χ2v) is 6.22. The third-order valence-corrected chi connectivity index (χ3v) is 4.44. The Labute approximate surface area is 160 Å². The van der Waals surface area contributed by atoms with Gasteiger partial charge >= 0.3 is 0 Å². The average Bonchev–Trinajstić information content (AvgIpc) is 2.65. The van der Waals surface area contributed by atoms with Gasteiger partial charge in [-0.25, -0.2) is 9.37 Å². The number of amides is 1. The number of aromatic nitrogens is 1. The smallest absolute Gasteiger partial charge is 0.270 e. The predicted molar refractivity (Wildman–Crippen MR) is 102 cm³/mol. The van der Waals surface area contributed by atoms with E-state index in [2.05, 4.69) is 15.6 Å². The largest absolute Gasteiger partial charge is 0.353 e. The van der Waals surface area contributed by atoms with Crippen molar-refractivity contribution in [2.24, 2.45) is 0 Å². The number of hydrogen-bond acceptors (Lipinski definition) is 3. The van der Waals surface area contributed by atoms with E-state index in [0.717, 1.165) is 0 Å². The number of nitrogens with zero attached hydrogens (tertiary/aromatic N) is 1. The van der Waals surface area contributed by atoms with Gasteiger partial charge in [0.05, 0.1) is 27.6 Å². The molecule has 132 valence electrons. The first-order chi connectivity index (χ1) is 12.5. The van der Waals surface area contributed by atoms with Crippen LogP contribution in [0, 0.1) is 5.82 Å². The van der Waals surface area contributed by atoms with E-state index < -0.39 is 0 Å². The maximum Gasteiger partial charge on any atom is 0.270 e. The van der Waals surface area contributed by atoms with E-state index in [9.17, 15) is 9.18 Å². The van der Waals surface area contributed by atoms with Crippen LogP contribution in [0.5, 0.6) is 0 Å². The lowest BCUT2D eigenvalue weighted by Crippen LogP contribution is -2.24. The van der Waals surface area contributed by atoms with Crippen LogP contribution in [0.15, 0.2) is 60.8 Å². The maximum atomic E-state index is 13.6. The normalized spacial score (nSPS) is 10.4. The number of anilines is 2. The first-order valence-corrected chi connectivity index (χ1v) is 8.49. The van der Waals surface area contributed by atoms with Gasteiger partial charge < -0.3 is 10.6 Å². The molecule has 4 nitrogen and oxygen atoms in total. The number of carbonyl (C=O) groups excluding carboxylic acids is 1. The molecule has 0 saturated carbocycles. The summed E-state index contributed by atoms with van der Waals surface area (Å²) in [6.07, 6.45) is 1.51. The lowest BCUT2D eigenvalue weighted by atomic mass is 10.2. The van der Waals surface area contributed by atoms with Crippen LogP contribution < -0.4 is 10.6 Å². The first-order valence-electron chi connectivity index (χ1n) is 7.73. The van der Waals surface area contributed by atoms with Crippen LogP contribution >= 0.6 is 23.2 Å². The summed E-state index contributed by atoms with van der Waals surface area (Å²) in [6.45, 7) is 0.0886. The number of rotatable bonds is 5. The standard InChI is InChI=1S/C19H14Cl2FN3O/c20-14-5-3-7-16(18(14)21)25-13-8-9-17(23-11-13)19(26)24-10-12-4-1-2-6-15(12)22/h1-9,11,25H,10H2,(H,24,26). The zero-order valence-electron chi connectivity index (χ0n) is 13.5. The minimum atomic E-state index is -0.388. The summed E-state index contributed by atoms with van der Waals surface area (Å²) < 4.78 is 13.6. The van der Waals surface area contributed by atoms with E-state index >= 15 is 0 Å². The topological polar surface area (TPSA) is 54.0 Å². The zero-order chi connectivity index (χ0) is 18.5. The first kappa shape index (κ1) is 18.2. The van der Waals surface area contributed by atoms with Crippen molar-refractivity contribution in [1.82, 2.24) is 10.3 Å². The molecule has 26 heavy (non-hydrogen) atoms. The van der Waals surface area contributed by atoms with Crippen LogP contribution in [-0.4, -0.2) is 10.9 Å². The molecule has 0 aliphatic carbocycles. The molecule has 0 aliphatic rings. The van der Waals surface area contributed by atoms with Crippen molar-refractivity contribution in [1.29, 1.82) is 0 Å². The Morgan fingerprint density at radius 3 is 2.58 bits per heavy atom. The molecule has 0 atom stereocenters. The Hall–Kier alpha value is -2.63. The monoisotopic (exact) mass is 389 g/mol. The van der Waals surface area contributed by atoms with Gasteiger partial charge in [0.2, 0.25) is 0 Å². The van der Waals surface area contributed by atoms with Crippen LogP contribution in [0.4, 0.5) is 15.8 Å². The lowest BCUT2D eigenvalue weighted by Gasteiger charge is -2.10. The highest BCUT2D eigenvalue weighted by Gasteiger charge is 2.09. The van der Waals surface area contributed by atoms with Crippen molar-refractivity contribution >= 4 is 40.5 Å². The van der Waals surface area contributed by atoms with E-state index in [1.54, 1.807) is 48.5 Å². The van der Waals surface area contributed by atoms with E-state index in [4.69, 9.17) is 23.2 Å². The molecule has 0 aliphatic heterocycles. The predicted octanol–water partition coefficient (Wildman–Crippen LogP) is 5.20. The highest BCUT2D eigenvalue weighted by Crippen LogP contribution is 2.31. The summed E-state index contributed by atoms with van der Waals surface area (Å²) in [5, 5.41) is 6.57. The molecular weight excluding hydrogens is 376 g/mol. The van der Waals surface area contributed by atoms with Crippen molar-refractivity contribution in [3.05, 3.63) is 87.9 Å². The van der Waals surface area contributed by atoms with E-state index in [1.807, 2.05) is 0 Å². The van der Waals surface area contributed by atoms with Crippen molar-refractivity contribution in [2.45, 2.75) is 6.54 Å². The number of benzene rings is 2. The van der Waals surface area contributed by atoms with Crippen LogP contribution in [0.1, 0.15) is 16.1 Å². The zero-order valence-corrected chi connectivity index (χ0v) is 15.0. The van der Waals surface area contributed by atoms with Crippen LogP contribution in [-0.2, 0) is 6.54 Å². The van der Waals surface area contributed by atoms with Gasteiger partial charge in [-0.15, -0.1) is 0 Å². The number of carbonyl (C=O) groups is 1. The molecule has 0 fully saturated rings. The molecular formula is C19H14Cl2FN3O. The molecule has 2 N–H and O–H groups in total. The van der Waals surface area contributed by atoms with Crippen LogP contribution in [0.25, 0.3) is 0 Å². The molecule has 1 aromatic heterocycles. The number of nitrogens with one attached hydrogen (secondary N) is 2. The third kappa shape index (κ3) is 4.31. The molecule has 1 amide bonds. The number of pyridine rings is 1. The van der Waals surface area contributed by atoms with Gasteiger partial charge in [-0.1, -0.05) is 47.5 Å². The quantitative estimate of drug-likeness (QED) is 0.630. The summed E-state index contributed by atoms with van der Waals surface area (Å²) in [6, 6.07) is 14.8. The Bertz CT molecular complexity index is 932. The molecule has 0 radical (unpaired) electrons. The SMILES string of the molecule is O=C(NCc1ccccc1F)c1ccc(Nc2cccc(Cl)c2Cl)cn1. The highest BCUT2D eigenvalue weighted by atomic mass is 35.5. The van der Waals surface area contributed by atoms with Crippen molar-refractivity contribution in [3.8, 4) is 0 Å². The molecule has 2 aromatic carbocycles. The second-order valence-electron chi connectivity index (χ2n) is 5.43. The van der Waals surface area contributed by atoms with Gasteiger partial charge in [0.25, 0.3) is 5.91 Å². The summed E-state index contributed by atoms with van der Waals surface area (Å²) in [7, 11) is 0. The highest BCUT2D eigenvalue weighted by molar-refractivity contribution is 6.43. The molecule has 0 spiro atoms. The van der Waals surface area contributed by atoms with Gasteiger partial charge in [0, 0.05) is 12.1 Å². The molecule has 7 heteroatoms. The van der Waals surface area contributed by atoms with Gasteiger partial charge in [0.15, 0.2) is 0 Å². The van der Waals surface area contributed by atoms with E-state index in [-0.39, 0.29) is 24.0 Å². The van der Waals surface area contributed by atoms with E-state index in [0.29, 0.717) is 27.0 Å². The van der Waals surface area contributed by atoms with Crippen molar-refractivity contribution < 1.29 is 9.18 Å². The van der Waals surface area contributed by atoms with Crippen molar-refractivity contribution in [3.63, 3.8) is 0 Å². The van der Waals surface area contributed by atoms with Gasteiger partial charge in [-0.3, -0.25) is 4.79 Å². The number of halogens is 3. The molecule has 0 unspecified atom stereocenters. The van der Waals surface area contributed by atoms with Crippen molar-refractivity contribution in [2.75, 3.05) is 5.32 Å². The fourth-order valence-corrected chi connectivity index (χ4v) is 2.61. The minimum Gasteiger partial charge on any atom is -0.353 e. The van der Waals surface area contributed by atoms with Crippen LogP contribution in [0.2, 0.25) is 10.0 Å². The van der Waals surface area contributed by atoms with Gasteiger partial charge in [-0.2, -0.15) is 0 Å². The van der Waals surface area contributed by atoms with E-state index in [1.165, 1.54) is 12.3 Å². The molecule has 3 rings (SSSR count). The number of hydrogen-bond donors (Lipinski definition) is 2. The Balaban J connectivity index is 1.64. The fourth-order valence-electron chi connectivity index (χ4n) is 2.27. The van der Waals surface area contributed by atoms with Gasteiger partial charge in [-0.05, 0) is 30.3 Å². The van der Waals surface area contributed by atoms with Gasteiger partial charge in [0.1, 0.15) is 11.5 Å². The Morgan fingerprint density at radius 2 is 1.85 bits per heavy atom. The summed E-state index contributed by atoms with van der Waals surface area (Å²) in [4.78, 5) is 16.3. The fraction of sp³-hybridized carbons (Fsp3) is 0.0526. The lowest BCUT2D eigenvalue weighted by molar-refractivity contribution is 0.0945. The molecule has 0 bridgehead atoms. The summed E-state index contributed by atoms with van der Waals surface area (Å²) in [5.74, 6) is -0.751. The summed E-state index contributed by atoms with van der Waals surface area (Å²) in [5.41, 5.74) is 1.93. The van der Waals surface area contributed by atoms with Crippen LogP contribution in [0.3, 0.4) is 0 Å². The Kier molecular flexibility index (Phi) is 5.71. The molecule has 1 heterocycles. The minimum absolute atomic E-state index is 0.0886. The molecule has 0 saturated heterocycles. The molecule has 3 aromatic rings. The second kappa shape index (κ2) is 8.17. The summed E-state index contributed by atoms with van der Waals surface area (Å²) >= 11 is 12.1. The average molecular weight is 390 g/mol. The third-order valence-electron chi connectivity index (χ3n) is 3.62. The maximum absolute atomic E-state index is 13.6. The Morgan fingerprint density at radius 1 is 1.04 bits per heavy atom.